The molecule has 7 heteroatoms. The first-order chi connectivity index (χ1) is 13.3. The Balaban J connectivity index is 1.29. The van der Waals surface area contributed by atoms with Crippen molar-refractivity contribution >= 4 is 22.4 Å². The monoisotopic (exact) mass is 382 g/mol. The number of rotatable bonds is 6. The Labute approximate surface area is 162 Å². The van der Waals surface area contributed by atoms with Crippen molar-refractivity contribution in [1.29, 1.82) is 0 Å². The third kappa shape index (κ3) is 4.61. The van der Waals surface area contributed by atoms with E-state index in [-0.39, 0.29) is 5.91 Å². The molecule has 0 radical (unpaired) electrons. The SMILES string of the molecule is O=C(CCc1ncc(-c2ccccc2)o1)Nc1ncc(C2CCNCC2)s1. The predicted molar refractivity (Wildman–Crippen MR) is 106 cm³/mol. The van der Waals surface area contributed by atoms with Crippen LogP contribution in [-0.4, -0.2) is 29.0 Å². The Morgan fingerprint density at radius 1 is 1.19 bits per heavy atom. The van der Waals surface area contributed by atoms with Crippen LogP contribution in [0.4, 0.5) is 5.13 Å². The lowest BCUT2D eigenvalue weighted by atomic mass is 9.97. The summed E-state index contributed by atoms with van der Waals surface area (Å²) in [6, 6.07) is 9.81. The number of anilines is 1. The van der Waals surface area contributed by atoms with Gasteiger partial charge in [-0.05, 0) is 31.8 Å². The summed E-state index contributed by atoms with van der Waals surface area (Å²) < 4.78 is 5.74. The Hall–Kier alpha value is -2.51. The van der Waals surface area contributed by atoms with Gasteiger partial charge in [-0.1, -0.05) is 30.3 Å². The molecule has 0 aliphatic carbocycles. The van der Waals surface area contributed by atoms with Crippen molar-refractivity contribution in [3.8, 4) is 11.3 Å². The molecule has 3 heterocycles. The maximum Gasteiger partial charge on any atom is 0.226 e. The van der Waals surface area contributed by atoms with E-state index in [2.05, 4.69) is 20.6 Å². The van der Waals surface area contributed by atoms with Gasteiger partial charge in [0.15, 0.2) is 16.8 Å². The summed E-state index contributed by atoms with van der Waals surface area (Å²) in [4.78, 5) is 22.1. The molecule has 1 aliphatic heterocycles. The highest BCUT2D eigenvalue weighted by Gasteiger charge is 2.18. The lowest BCUT2D eigenvalue weighted by molar-refractivity contribution is -0.116. The van der Waals surface area contributed by atoms with Gasteiger partial charge in [-0.2, -0.15) is 0 Å². The number of hydrogen-bond donors (Lipinski definition) is 2. The highest BCUT2D eigenvalue weighted by atomic mass is 32.1. The minimum absolute atomic E-state index is 0.0688. The molecule has 4 rings (SSSR count). The normalized spacial score (nSPS) is 15.0. The van der Waals surface area contributed by atoms with Gasteiger partial charge in [0, 0.05) is 29.5 Å². The number of nitrogens with one attached hydrogen (secondary N) is 2. The standard InChI is InChI=1S/C20H22N4O2S/c25-18(24-20-23-13-17(27-20)15-8-10-21-11-9-15)6-7-19-22-12-16(26-19)14-4-2-1-3-5-14/h1-5,12-13,15,21H,6-11H2,(H,23,24,25). The maximum absolute atomic E-state index is 12.2. The van der Waals surface area contributed by atoms with Crippen LogP contribution in [-0.2, 0) is 11.2 Å². The quantitative estimate of drug-likeness (QED) is 0.677. The lowest BCUT2D eigenvalue weighted by Crippen LogP contribution is -2.26. The van der Waals surface area contributed by atoms with Gasteiger partial charge in [0.05, 0.1) is 6.20 Å². The number of benzene rings is 1. The molecule has 27 heavy (non-hydrogen) atoms. The average molecular weight is 382 g/mol. The number of piperidine rings is 1. The molecule has 140 valence electrons. The van der Waals surface area contributed by atoms with E-state index < -0.39 is 0 Å². The van der Waals surface area contributed by atoms with Crippen molar-refractivity contribution < 1.29 is 9.21 Å². The van der Waals surface area contributed by atoms with Gasteiger partial charge in [0.2, 0.25) is 5.91 Å². The third-order valence-electron chi connectivity index (χ3n) is 4.69. The number of amides is 1. The van der Waals surface area contributed by atoms with Crippen LogP contribution in [0.15, 0.2) is 47.1 Å². The maximum atomic E-state index is 12.2. The molecular weight excluding hydrogens is 360 g/mol. The molecule has 6 nitrogen and oxygen atoms in total. The molecule has 1 saturated heterocycles. The molecule has 0 bridgehead atoms. The highest BCUT2D eigenvalue weighted by Crippen LogP contribution is 2.31. The second-order valence-corrected chi connectivity index (χ2v) is 7.69. The number of thiazole rings is 1. The molecule has 1 fully saturated rings. The molecular formula is C20H22N4O2S. The van der Waals surface area contributed by atoms with E-state index in [0.717, 1.165) is 37.3 Å². The van der Waals surface area contributed by atoms with E-state index >= 15 is 0 Å². The van der Waals surface area contributed by atoms with Crippen molar-refractivity contribution in [1.82, 2.24) is 15.3 Å². The summed E-state index contributed by atoms with van der Waals surface area (Å²) in [7, 11) is 0. The number of aromatic nitrogens is 2. The highest BCUT2D eigenvalue weighted by molar-refractivity contribution is 7.15. The van der Waals surface area contributed by atoms with Gasteiger partial charge in [0.1, 0.15) is 0 Å². The van der Waals surface area contributed by atoms with Crippen molar-refractivity contribution in [2.75, 3.05) is 18.4 Å². The summed E-state index contributed by atoms with van der Waals surface area (Å²) in [5.41, 5.74) is 0.980. The van der Waals surface area contributed by atoms with Crippen molar-refractivity contribution in [2.45, 2.75) is 31.6 Å². The largest absolute Gasteiger partial charge is 0.441 e. The number of oxazole rings is 1. The summed E-state index contributed by atoms with van der Waals surface area (Å²) in [6.07, 6.45) is 6.64. The molecule has 0 spiro atoms. The molecule has 3 aromatic rings. The number of nitrogens with zero attached hydrogens (tertiary/aromatic N) is 2. The second kappa shape index (κ2) is 8.45. The van der Waals surface area contributed by atoms with Gasteiger partial charge in [-0.3, -0.25) is 4.79 Å². The summed E-state index contributed by atoms with van der Waals surface area (Å²) in [5, 5.41) is 6.93. The Morgan fingerprint density at radius 3 is 2.81 bits per heavy atom. The van der Waals surface area contributed by atoms with Gasteiger partial charge < -0.3 is 15.1 Å². The number of aryl methyl sites for hydroxylation is 1. The first-order valence-electron chi connectivity index (χ1n) is 9.24. The first kappa shape index (κ1) is 17.9. The van der Waals surface area contributed by atoms with Crippen LogP contribution in [0.1, 0.15) is 35.9 Å². The zero-order valence-corrected chi connectivity index (χ0v) is 15.8. The van der Waals surface area contributed by atoms with Crippen LogP contribution >= 0.6 is 11.3 Å². The van der Waals surface area contributed by atoms with Crippen LogP contribution in [0.2, 0.25) is 0 Å². The topological polar surface area (TPSA) is 80.1 Å². The third-order valence-corrected chi connectivity index (χ3v) is 5.76. The smallest absolute Gasteiger partial charge is 0.226 e. The van der Waals surface area contributed by atoms with Crippen LogP contribution in [0.5, 0.6) is 0 Å². The molecule has 0 unspecified atom stereocenters. The Bertz CT molecular complexity index is 884. The van der Waals surface area contributed by atoms with Crippen LogP contribution in [0.25, 0.3) is 11.3 Å². The van der Waals surface area contributed by atoms with E-state index in [0.29, 0.717) is 29.8 Å². The summed E-state index contributed by atoms with van der Waals surface area (Å²) >= 11 is 1.58. The van der Waals surface area contributed by atoms with E-state index in [1.54, 1.807) is 17.5 Å². The predicted octanol–water partition coefficient (Wildman–Crippen LogP) is 3.84. The van der Waals surface area contributed by atoms with E-state index in [1.165, 1.54) is 4.88 Å². The first-order valence-corrected chi connectivity index (χ1v) is 10.1. The van der Waals surface area contributed by atoms with Crippen LogP contribution in [0.3, 0.4) is 0 Å². The number of hydrogen-bond acceptors (Lipinski definition) is 6. The average Bonchev–Trinajstić information content (AvgIpc) is 3.37. The number of carbonyl (C=O) groups excluding carboxylic acids is 1. The zero-order chi connectivity index (χ0) is 18.5. The van der Waals surface area contributed by atoms with Gasteiger partial charge in [-0.25, -0.2) is 9.97 Å². The van der Waals surface area contributed by atoms with Crippen molar-refractivity contribution in [3.05, 3.63) is 53.5 Å². The summed E-state index contributed by atoms with van der Waals surface area (Å²) in [6.45, 7) is 2.09. The molecule has 1 amide bonds. The molecule has 1 aromatic carbocycles. The minimum Gasteiger partial charge on any atom is -0.441 e. The Morgan fingerprint density at radius 2 is 2.00 bits per heavy atom. The van der Waals surface area contributed by atoms with Crippen LogP contribution < -0.4 is 10.6 Å². The van der Waals surface area contributed by atoms with E-state index in [9.17, 15) is 4.79 Å². The van der Waals surface area contributed by atoms with Crippen molar-refractivity contribution in [3.63, 3.8) is 0 Å². The van der Waals surface area contributed by atoms with Crippen molar-refractivity contribution in [2.24, 2.45) is 0 Å². The van der Waals surface area contributed by atoms with E-state index in [4.69, 9.17) is 4.42 Å². The van der Waals surface area contributed by atoms with Crippen LogP contribution in [0, 0.1) is 0 Å². The fraction of sp³-hybridized carbons (Fsp3) is 0.350. The molecule has 0 saturated carbocycles. The summed E-state index contributed by atoms with van der Waals surface area (Å²) in [5.74, 6) is 1.77. The fourth-order valence-corrected chi connectivity index (χ4v) is 4.20. The number of carbonyl (C=O) groups is 1. The van der Waals surface area contributed by atoms with Gasteiger partial charge >= 0.3 is 0 Å². The van der Waals surface area contributed by atoms with E-state index in [1.807, 2.05) is 36.5 Å². The van der Waals surface area contributed by atoms with Gasteiger partial charge in [-0.15, -0.1) is 11.3 Å². The minimum atomic E-state index is -0.0688. The molecule has 2 N–H and O–H groups in total. The molecule has 2 aromatic heterocycles. The Kier molecular flexibility index (Phi) is 5.60. The fourth-order valence-electron chi connectivity index (χ4n) is 3.20. The molecule has 1 aliphatic rings. The lowest BCUT2D eigenvalue weighted by Gasteiger charge is -2.20. The van der Waals surface area contributed by atoms with Gasteiger partial charge in [0.25, 0.3) is 0 Å². The molecule has 0 atom stereocenters. The second-order valence-electron chi connectivity index (χ2n) is 6.62. The zero-order valence-electron chi connectivity index (χ0n) is 15.0.